The topological polar surface area (TPSA) is 64.4 Å². The minimum Gasteiger partial charge on any atom is -0.493 e. The molecular formula is C23H26N2O3. The van der Waals surface area contributed by atoms with Crippen molar-refractivity contribution in [2.75, 3.05) is 11.9 Å². The van der Waals surface area contributed by atoms with Crippen LogP contribution < -0.4 is 10.1 Å². The number of benzene rings is 2. The van der Waals surface area contributed by atoms with Crippen molar-refractivity contribution in [2.24, 2.45) is 0 Å². The molecule has 1 amide bonds. The number of hydrogen-bond donors (Lipinski definition) is 1. The van der Waals surface area contributed by atoms with Gasteiger partial charge >= 0.3 is 0 Å². The third kappa shape index (κ3) is 5.00. The molecule has 1 N–H and O–H groups in total. The minimum atomic E-state index is -0.236. The van der Waals surface area contributed by atoms with Crippen molar-refractivity contribution in [3.8, 4) is 5.75 Å². The fraction of sp³-hybridized carbons (Fsp3) is 0.304. The number of anilines is 1. The van der Waals surface area contributed by atoms with E-state index in [1.165, 1.54) is 11.1 Å². The lowest BCUT2D eigenvalue weighted by Gasteiger charge is -2.12. The predicted molar refractivity (Wildman–Crippen MR) is 110 cm³/mol. The van der Waals surface area contributed by atoms with E-state index < -0.39 is 0 Å². The molecule has 3 rings (SSSR count). The SMILES string of the molecule is Cc1ccccc1CCOc1ccc(C(=O)Nc2cc(C(C)(C)C)on2)cc1. The second-order valence-electron chi connectivity index (χ2n) is 7.83. The molecule has 0 atom stereocenters. The second-order valence-corrected chi connectivity index (χ2v) is 7.83. The lowest BCUT2D eigenvalue weighted by Crippen LogP contribution is -2.12. The monoisotopic (exact) mass is 378 g/mol. The highest BCUT2D eigenvalue weighted by Gasteiger charge is 2.20. The fourth-order valence-electron chi connectivity index (χ4n) is 2.75. The summed E-state index contributed by atoms with van der Waals surface area (Å²) in [7, 11) is 0. The zero-order valence-corrected chi connectivity index (χ0v) is 16.8. The van der Waals surface area contributed by atoms with E-state index in [1.54, 1.807) is 30.3 Å². The molecule has 0 saturated carbocycles. The average molecular weight is 378 g/mol. The van der Waals surface area contributed by atoms with E-state index in [2.05, 4.69) is 29.5 Å². The Morgan fingerprint density at radius 3 is 2.46 bits per heavy atom. The first-order valence-electron chi connectivity index (χ1n) is 9.39. The summed E-state index contributed by atoms with van der Waals surface area (Å²) in [4.78, 5) is 12.4. The lowest BCUT2D eigenvalue weighted by molar-refractivity contribution is 0.102. The van der Waals surface area contributed by atoms with Gasteiger partial charge in [-0.3, -0.25) is 4.79 Å². The normalized spacial score (nSPS) is 11.3. The highest BCUT2D eigenvalue weighted by Crippen LogP contribution is 2.24. The number of aryl methyl sites for hydroxylation is 1. The maximum atomic E-state index is 12.4. The van der Waals surface area contributed by atoms with Crippen molar-refractivity contribution in [1.82, 2.24) is 5.16 Å². The summed E-state index contributed by atoms with van der Waals surface area (Å²) < 4.78 is 11.1. The van der Waals surface area contributed by atoms with Crippen molar-refractivity contribution < 1.29 is 14.1 Å². The van der Waals surface area contributed by atoms with Crippen LogP contribution in [0.15, 0.2) is 59.1 Å². The molecule has 28 heavy (non-hydrogen) atoms. The van der Waals surface area contributed by atoms with Gasteiger partial charge in [0.1, 0.15) is 11.5 Å². The van der Waals surface area contributed by atoms with Crippen LogP contribution in [-0.2, 0) is 11.8 Å². The van der Waals surface area contributed by atoms with Gasteiger partial charge in [-0.15, -0.1) is 0 Å². The van der Waals surface area contributed by atoms with E-state index in [9.17, 15) is 4.79 Å². The van der Waals surface area contributed by atoms with Crippen LogP contribution in [0.25, 0.3) is 0 Å². The summed E-state index contributed by atoms with van der Waals surface area (Å²) in [6.45, 7) is 8.76. The number of nitrogens with zero attached hydrogens (tertiary/aromatic N) is 1. The second kappa shape index (κ2) is 8.30. The molecule has 2 aromatic carbocycles. The first-order valence-corrected chi connectivity index (χ1v) is 9.39. The van der Waals surface area contributed by atoms with E-state index in [-0.39, 0.29) is 11.3 Å². The Kier molecular flexibility index (Phi) is 5.83. The maximum absolute atomic E-state index is 12.4. The number of carbonyl (C=O) groups excluding carboxylic acids is 1. The molecule has 0 bridgehead atoms. The summed E-state index contributed by atoms with van der Waals surface area (Å²) in [6.07, 6.45) is 0.844. The summed E-state index contributed by atoms with van der Waals surface area (Å²) in [5.41, 5.74) is 2.92. The zero-order valence-electron chi connectivity index (χ0n) is 16.8. The van der Waals surface area contributed by atoms with Gasteiger partial charge in [-0.1, -0.05) is 50.2 Å². The Hall–Kier alpha value is -3.08. The molecule has 0 spiro atoms. The molecule has 5 heteroatoms. The van der Waals surface area contributed by atoms with Gasteiger partial charge in [0.2, 0.25) is 0 Å². The van der Waals surface area contributed by atoms with Crippen molar-refractivity contribution in [3.63, 3.8) is 0 Å². The minimum absolute atomic E-state index is 0.159. The molecule has 0 aliphatic carbocycles. The summed E-state index contributed by atoms with van der Waals surface area (Å²) in [5.74, 6) is 1.63. The Morgan fingerprint density at radius 2 is 1.82 bits per heavy atom. The molecule has 0 radical (unpaired) electrons. The molecule has 0 aliphatic heterocycles. The number of carbonyl (C=O) groups is 1. The number of nitrogens with one attached hydrogen (secondary N) is 1. The molecule has 1 aromatic heterocycles. The van der Waals surface area contributed by atoms with Crippen LogP contribution in [0.3, 0.4) is 0 Å². The number of aromatic nitrogens is 1. The Bertz CT molecular complexity index is 937. The first kappa shape index (κ1) is 19.7. The number of hydrogen-bond acceptors (Lipinski definition) is 4. The molecular weight excluding hydrogens is 352 g/mol. The molecule has 0 saturated heterocycles. The van der Waals surface area contributed by atoms with Crippen LogP contribution in [0.4, 0.5) is 5.82 Å². The van der Waals surface area contributed by atoms with Crippen molar-refractivity contribution >= 4 is 11.7 Å². The van der Waals surface area contributed by atoms with Crippen LogP contribution in [-0.4, -0.2) is 17.7 Å². The molecule has 1 heterocycles. The van der Waals surface area contributed by atoms with Gasteiger partial charge in [0.15, 0.2) is 5.82 Å². The Labute approximate surface area is 165 Å². The third-order valence-corrected chi connectivity index (χ3v) is 4.51. The van der Waals surface area contributed by atoms with Crippen LogP contribution in [0, 0.1) is 6.92 Å². The van der Waals surface area contributed by atoms with E-state index in [0.717, 1.165) is 17.9 Å². The Morgan fingerprint density at radius 1 is 1.11 bits per heavy atom. The first-order chi connectivity index (χ1) is 13.3. The van der Waals surface area contributed by atoms with Crippen molar-refractivity contribution in [1.29, 1.82) is 0 Å². The zero-order chi connectivity index (χ0) is 20.1. The quantitative estimate of drug-likeness (QED) is 0.644. The molecule has 146 valence electrons. The highest BCUT2D eigenvalue weighted by atomic mass is 16.5. The molecule has 0 aliphatic rings. The van der Waals surface area contributed by atoms with Gasteiger partial charge in [-0.05, 0) is 42.3 Å². The number of ether oxygens (including phenoxy) is 1. The van der Waals surface area contributed by atoms with E-state index in [1.807, 2.05) is 32.9 Å². The van der Waals surface area contributed by atoms with Crippen LogP contribution in [0.5, 0.6) is 5.75 Å². The van der Waals surface area contributed by atoms with Crippen molar-refractivity contribution in [2.45, 2.75) is 39.5 Å². The highest BCUT2D eigenvalue weighted by molar-refractivity contribution is 6.03. The van der Waals surface area contributed by atoms with Crippen LogP contribution in [0.2, 0.25) is 0 Å². The van der Waals surface area contributed by atoms with E-state index in [0.29, 0.717) is 18.0 Å². The number of rotatable bonds is 6. The summed E-state index contributed by atoms with van der Waals surface area (Å²) in [5, 5.41) is 6.67. The molecule has 3 aromatic rings. The molecule has 0 unspecified atom stereocenters. The predicted octanol–water partition coefficient (Wildman–Crippen LogP) is 5.15. The average Bonchev–Trinajstić information content (AvgIpc) is 3.13. The van der Waals surface area contributed by atoms with Gasteiger partial charge in [0, 0.05) is 23.5 Å². The fourth-order valence-corrected chi connectivity index (χ4v) is 2.75. The van der Waals surface area contributed by atoms with Gasteiger partial charge in [-0.25, -0.2) is 0 Å². The maximum Gasteiger partial charge on any atom is 0.256 e. The lowest BCUT2D eigenvalue weighted by atomic mass is 9.93. The van der Waals surface area contributed by atoms with E-state index in [4.69, 9.17) is 9.26 Å². The van der Waals surface area contributed by atoms with Crippen LogP contribution in [0.1, 0.15) is 48.0 Å². The molecule has 0 fully saturated rings. The van der Waals surface area contributed by atoms with Gasteiger partial charge in [0.05, 0.1) is 6.61 Å². The molecule has 5 nitrogen and oxygen atoms in total. The van der Waals surface area contributed by atoms with Gasteiger partial charge in [-0.2, -0.15) is 0 Å². The third-order valence-electron chi connectivity index (χ3n) is 4.51. The van der Waals surface area contributed by atoms with Crippen molar-refractivity contribution in [3.05, 3.63) is 77.0 Å². The smallest absolute Gasteiger partial charge is 0.256 e. The summed E-state index contributed by atoms with van der Waals surface area (Å²) in [6, 6.07) is 17.1. The standard InChI is InChI=1S/C23H26N2O3/c1-16-7-5-6-8-17(16)13-14-27-19-11-9-18(10-12-19)22(26)24-21-15-20(28-25-21)23(2,3)4/h5-12,15H,13-14H2,1-4H3,(H,24,25,26). The van der Waals surface area contributed by atoms with E-state index >= 15 is 0 Å². The number of amides is 1. The largest absolute Gasteiger partial charge is 0.493 e. The van der Waals surface area contributed by atoms with Gasteiger partial charge in [0.25, 0.3) is 5.91 Å². The Balaban J connectivity index is 1.54. The van der Waals surface area contributed by atoms with Gasteiger partial charge < -0.3 is 14.6 Å². The van der Waals surface area contributed by atoms with Crippen LogP contribution >= 0.6 is 0 Å². The summed E-state index contributed by atoms with van der Waals surface area (Å²) >= 11 is 0.